The summed E-state index contributed by atoms with van der Waals surface area (Å²) in [6.45, 7) is 2.16. The highest BCUT2D eigenvalue weighted by molar-refractivity contribution is 6.02. The Bertz CT molecular complexity index is 852. The zero-order valence-electron chi connectivity index (χ0n) is 14.1. The van der Waals surface area contributed by atoms with Crippen LogP contribution in [0.15, 0.2) is 65.1 Å². The molecule has 25 heavy (non-hydrogen) atoms. The van der Waals surface area contributed by atoms with Gasteiger partial charge in [-0.3, -0.25) is 4.79 Å². The quantitative estimate of drug-likeness (QED) is 0.628. The van der Waals surface area contributed by atoms with E-state index in [1.54, 1.807) is 30.3 Å². The fourth-order valence-corrected chi connectivity index (χ4v) is 2.59. The van der Waals surface area contributed by atoms with E-state index in [9.17, 15) is 9.18 Å². The summed E-state index contributed by atoms with van der Waals surface area (Å²) in [6.07, 6.45) is 3.34. The number of hydrogen-bond donors (Lipinski definition) is 1. The van der Waals surface area contributed by atoms with E-state index < -0.39 is 0 Å². The Kier molecular flexibility index (Phi) is 5.29. The third kappa shape index (κ3) is 4.15. The van der Waals surface area contributed by atoms with E-state index in [4.69, 9.17) is 4.42 Å². The highest BCUT2D eigenvalue weighted by atomic mass is 19.1. The Morgan fingerprint density at radius 2 is 1.80 bits per heavy atom. The molecule has 1 heterocycles. The molecular formula is C21H20FNO2. The molecule has 0 aliphatic carbocycles. The molecule has 0 saturated carbocycles. The van der Waals surface area contributed by atoms with Crippen LogP contribution >= 0.6 is 0 Å². The van der Waals surface area contributed by atoms with Gasteiger partial charge in [-0.1, -0.05) is 37.6 Å². The first-order valence-corrected chi connectivity index (χ1v) is 8.42. The van der Waals surface area contributed by atoms with Crippen molar-refractivity contribution in [3.05, 3.63) is 77.8 Å². The first kappa shape index (κ1) is 17.0. The van der Waals surface area contributed by atoms with Gasteiger partial charge in [0.15, 0.2) is 5.76 Å². The van der Waals surface area contributed by atoms with Gasteiger partial charge in [0.2, 0.25) is 0 Å². The van der Waals surface area contributed by atoms with Crippen molar-refractivity contribution in [3.63, 3.8) is 0 Å². The molecule has 0 atom stereocenters. The summed E-state index contributed by atoms with van der Waals surface area (Å²) in [5.74, 6) is -0.262. The molecule has 3 nitrogen and oxygen atoms in total. The van der Waals surface area contributed by atoms with Crippen molar-refractivity contribution in [1.82, 2.24) is 0 Å². The fraction of sp³-hybridized carbons (Fsp3) is 0.190. The van der Waals surface area contributed by atoms with Crippen molar-refractivity contribution in [3.8, 4) is 11.3 Å². The number of nitrogens with one attached hydrogen (secondary N) is 1. The minimum absolute atomic E-state index is 0.147. The van der Waals surface area contributed by atoms with Crippen molar-refractivity contribution >= 4 is 11.6 Å². The molecule has 0 radical (unpaired) electrons. The number of carbonyl (C=O) groups excluding carboxylic acids is 1. The lowest BCUT2D eigenvalue weighted by molar-refractivity contribution is 0.0997. The molecule has 3 aromatic rings. The minimum atomic E-state index is -0.383. The topological polar surface area (TPSA) is 42.2 Å². The third-order valence-electron chi connectivity index (χ3n) is 4.00. The monoisotopic (exact) mass is 337 g/mol. The average molecular weight is 337 g/mol. The number of amides is 1. The Morgan fingerprint density at radius 3 is 2.52 bits per heavy atom. The van der Waals surface area contributed by atoms with Crippen molar-refractivity contribution in [2.45, 2.75) is 26.2 Å². The smallest absolute Gasteiger partial charge is 0.291 e. The van der Waals surface area contributed by atoms with Gasteiger partial charge >= 0.3 is 0 Å². The van der Waals surface area contributed by atoms with Gasteiger partial charge in [-0.05, 0) is 54.8 Å². The van der Waals surface area contributed by atoms with Crippen LogP contribution in [0, 0.1) is 5.82 Å². The van der Waals surface area contributed by atoms with Gasteiger partial charge in [0.05, 0.1) is 5.56 Å². The molecule has 0 unspecified atom stereocenters. The van der Waals surface area contributed by atoms with E-state index >= 15 is 0 Å². The third-order valence-corrected chi connectivity index (χ3v) is 4.00. The zero-order chi connectivity index (χ0) is 17.6. The standard InChI is InChI=1S/C21H20FNO2/c1-2-3-6-15-9-11-16(12-10-15)23-21(24)20-14-13-19(25-20)17-7-4-5-8-18(17)22/h4-5,7-14H,2-3,6H2,1H3,(H,23,24). The molecule has 0 aliphatic rings. The average Bonchev–Trinajstić information content (AvgIpc) is 3.11. The number of unbranched alkanes of at least 4 members (excludes halogenated alkanes) is 1. The summed E-state index contributed by atoms with van der Waals surface area (Å²) in [6, 6.07) is 17.2. The van der Waals surface area contributed by atoms with E-state index in [0.717, 1.165) is 19.3 Å². The molecule has 0 saturated heterocycles. The maximum atomic E-state index is 13.8. The van der Waals surface area contributed by atoms with Crippen LogP contribution in [0.4, 0.5) is 10.1 Å². The van der Waals surface area contributed by atoms with Gasteiger partial charge < -0.3 is 9.73 Å². The number of rotatable bonds is 6. The summed E-state index contributed by atoms with van der Waals surface area (Å²) >= 11 is 0. The summed E-state index contributed by atoms with van der Waals surface area (Å²) in [5, 5.41) is 2.79. The Balaban J connectivity index is 1.69. The van der Waals surface area contributed by atoms with E-state index in [0.29, 0.717) is 17.0 Å². The molecule has 1 aromatic heterocycles. The van der Waals surface area contributed by atoms with Crippen molar-refractivity contribution in [2.75, 3.05) is 5.32 Å². The maximum Gasteiger partial charge on any atom is 0.291 e. The molecule has 3 rings (SSSR count). The first-order chi connectivity index (χ1) is 12.2. The van der Waals surface area contributed by atoms with Crippen LogP contribution in [0.1, 0.15) is 35.9 Å². The van der Waals surface area contributed by atoms with Crippen molar-refractivity contribution in [2.24, 2.45) is 0 Å². The number of benzene rings is 2. The van der Waals surface area contributed by atoms with Crippen molar-refractivity contribution < 1.29 is 13.6 Å². The van der Waals surface area contributed by atoms with Gasteiger partial charge in [-0.15, -0.1) is 0 Å². The number of furan rings is 1. The predicted molar refractivity (Wildman–Crippen MR) is 97.1 cm³/mol. The van der Waals surface area contributed by atoms with Crippen LogP contribution < -0.4 is 5.32 Å². The number of halogens is 1. The van der Waals surface area contributed by atoms with Gasteiger partial charge in [-0.25, -0.2) is 4.39 Å². The molecular weight excluding hydrogens is 317 g/mol. The Labute approximate surface area is 146 Å². The molecule has 0 bridgehead atoms. The zero-order valence-corrected chi connectivity index (χ0v) is 14.1. The SMILES string of the molecule is CCCCc1ccc(NC(=O)c2ccc(-c3ccccc3F)o2)cc1. The van der Waals surface area contributed by atoms with Crippen LogP contribution in [0.5, 0.6) is 0 Å². The number of aryl methyl sites for hydroxylation is 1. The predicted octanol–water partition coefficient (Wildman–Crippen LogP) is 5.68. The number of hydrogen-bond acceptors (Lipinski definition) is 2. The summed E-state index contributed by atoms with van der Waals surface area (Å²) < 4.78 is 19.3. The van der Waals surface area contributed by atoms with Gasteiger partial charge in [0, 0.05) is 5.69 Å². The molecule has 1 amide bonds. The molecule has 0 spiro atoms. The molecule has 1 N–H and O–H groups in total. The molecule has 0 aliphatic heterocycles. The lowest BCUT2D eigenvalue weighted by Crippen LogP contribution is -2.10. The largest absolute Gasteiger partial charge is 0.451 e. The summed E-state index contributed by atoms with van der Waals surface area (Å²) in [7, 11) is 0. The Morgan fingerprint density at radius 1 is 1.04 bits per heavy atom. The number of anilines is 1. The van der Waals surface area contributed by atoms with E-state index in [-0.39, 0.29) is 17.5 Å². The van der Waals surface area contributed by atoms with Crippen LogP contribution in [-0.2, 0) is 6.42 Å². The maximum absolute atomic E-state index is 13.8. The highest BCUT2D eigenvalue weighted by Gasteiger charge is 2.14. The van der Waals surface area contributed by atoms with E-state index in [2.05, 4.69) is 12.2 Å². The second-order valence-electron chi connectivity index (χ2n) is 5.90. The van der Waals surface area contributed by atoms with Crippen molar-refractivity contribution in [1.29, 1.82) is 0 Å². The van der Waals surface area contributed by atoms with E-state index in [1.165, 1.54) is 11.6 Å². The molecule has 0 fully saturated rings. The first-order valence-electron chi connectivity index (χ1n) is 8.42. The second kappa shape index (κ2) is 7.79. The lowest BCUT2D eigenvalue weighted by Gasteiger charge is -2.05. The molecule has 4 heteroatoms. The molecule has 2 aromatic carbocycles. The van der Waals surface area contributed by atoms with Crippen LogP contribution in [-0.4, -0.2) is 5.91 Å². The van der Waals surface area contributed by atoms with Crippen LogP contribution in [0.25, 0.3) is 11.3 Å². The number of carbonyl (C=O) groups is 1. The van der Waals surface area contributed by atoms with Gasteiger partial charge in [-0.2, -0.15) is 0 Å². The second-order valence-corrected chi connectivity index (χ2v) is 5.90. The lowest BCUT2D eigenvalue weighted by atomic mass is 10.1. The highest BCUT2D eigenvalue weighted by Crippen LogP contribution is 2.25. The van der Waals surface area contributed by atoms with Gasteiger partial charge in [0.1, 0.15) is 11.6 Å². The molecule has 128 valence electrons. The van der Waals surface area contributed by atoms with Crippen LogP contribution in [0.3, 0.4) is 0 Å². The summed E-state index contributed by atoms with van der Waals surface area (Å²) in [4.78, 5) is 12.3. The summed E-state index contributed by atoms with van der Waals surface area (Å²) in [5.41, 5.74) is 2.29. The van der Waals surface area contributed by atoms with Gasteiger partial charge in [0.25, 0.3) is 5.91 Å². The fourth-order valence-electron chi connectivity index (χ4n) is 2.59. The minimum Gasteiger partial charge on any atom is -0.451 e. The normalized spacial score (nSPS) is 10.6. The van der Waals surface area contributed by atoms with Crippen LogP contribution in [0.2, 0.25) is 0 Å². The Hall–Kier alpha value is -2.88. The van der Waals surface area contributed by atoms with E-state index in [1.807, 2.05) is 24.3 Å².